The number of benzene rings is 1. The van der Waals surface area contributed by atoms with Crippen molar-refractivity contribution in [3.63, 3.8) is 0 Å². The van der Waals surface area contributed by atoms with Gasteiger partial charge in [0.05, 0.1) is 10.9 Å². The van der Waals surface area contributed by atoms with Crippen molar-refractivity contribution in [1.29, 1.82) is 0 Å². The molecule has 0 bridgehead atoms. The third kappa shape index (κ3) is 0.747. The highest BCUT2D eigenvalue weighted by atomic mass is 15.2. The molecule has 5 N–H and O–H groups in total. The van der Waals surface area contributed by atoms with E-state index < -0.39 is 0 Å². The van der Waals surface area contributed by atoms with Crippen LogP contribution in [-0.4, -0.2) is 10.2 Å². The van der Waals surface area contributed by atoms with Gasteiger partial charge in [-0.1, -0.05) is 6.07 Å². The van der Waals surface area contributed by atoms with Crippen LogP contribution >= 0.6 is 0 Å². The van der Waals surface area contributed by atoms with Crippen molar-refractivity contribution in [2.24, 2.45) is 0 Å². The maximum atomic E-state index is 5.82. The minimum absolute atomic E-state index is 0.464. The van der Waals surface area contributed by atoms with Gasteiger partial charge in [0.2, 0.25) is 0 Å². The van der Waals surface area contributed by atoms with Gasteiger partial charge in [0.15, 0.2) is 5.82 Å². The molecule has 0 fully saturated rings. The Bertz CT molecular complexity index is 430. The molecule has 0 aliphatic heterocycles. The van der Waals surface area contributed by atoms with Gasteiger partial charge in [-0.25, -0.2) is 0 Å². The van der Waals surface area contributed by atoms with Crippen molar-refractivity contribution in [3.05, 3.63) is 17.7 Å². The number of hydrogen-bond donors (Lipinski definition) is 3. The lowest BCUT2D eigenvalue weighted by Gasteiger charge is -2.00. The topological polar surface area (TPSA) is 80.7 Å². The average molecular weight is 162 g/mol. The molecule has 0 aliphatic carbocycles. The number of anilines is 2. The number of aryl methyl sites for hydroxylation is 1. The third-order valence-corrected chi connectivity index (χ3v) is 2.02. The molecule has 2 aromatic rings. The molecule has 62 valence electrons. The number of H-pyrrole nitrogens is 1. The van der Waals surface area contributed by atoms with Crippen molar-refractivity contribution in [3.8, 4) is 0 Å². The monoisotopic (exact) mass is 162 g/mol. The summed E-state index contributed by atoms with van der Waals surface area (Å²) in [4.78, 5) is 0. The Morgan fingerprint density at radius 2 is 2.08 bits per heavy atom. The molecule has 0 saturated carbocycles. The first-order valence-corrected chi connectivity index (χ1v) is 3.69. The van der Waals surface area contributed by atoms with E-state index in [1.165, 1.54) is 0 Å². The van der Waals surface area contributed by atoms with Crippen molar-refractivity contribution in [2.45, 2.75) is 6.92 Å². The van der Waals surface area contributed by atoms with Gasteiger partial charge in [-0.15, -0.1) is 0 Å². The van der Waals surface area contributed by atoms with Crippen molar-refractivity contribution < 1.29 is 0 Å². The van der Waals surface area contributed by atoms with Crippen molar-refractivity contribution in [1.82, 2.24) is 10.2 Å². The number of nitrogens with zero attached hydrogens (tertiary/aromatic N) is 1. The SMILES string of the molecule is Cc1ccc2[nH]nc(N)c2c1N. The first kappa shape index (κ1) is 6.97. The highest BCUT2D eigenvalue weighted by Crippen LogP contribution is 2.26. The molecule has 1 aromatic heterocycles. The van der Waals surface area contributed by atoms with E-state index in [0.717, 1.165) is 16.5 Å². The molecule has 4 nitrogen and oxygen atoms in total. The van der Waals surface area contributed by atoms with Gasteiger partial charge in [-0.2, -0.15) is 5.10 Å². The second-order valence-corrected chi connectivity index (χ2v) is 2.83. The van der Waals surface area contributed by atoms with E-state index >= 15 is 0 Å². The van der Waals surface area contributed by atoms with Gasteiger partial charge in [-0.05, 0) is 18.6 Å². The standard InChI is InChI=1S/C8H10N4/c1-4-2-3-5-6(7(4)9)8(10)12-11-5/h2-3H,9H2,1H3,(H3,10,11,12). The fourth-order valence-corrected chi connectivity index (χ4v) is 1.27. The quantitative estimate of drug-likeness (QED) is 0.506. The lowest BCUT2D eigenvalue weighted by molar-refractivity contribution is 1.13. The van der Waals surface area contributed by atoms with Crippen LogP contribution in [0.2, 0.25) is 0 Å². The van der Waals surface area contributed by atoms with Crippen LogP contribution in [0.3, 0.4) is 0 Å². The zero-order valence-corrected chi connectivity index (χ0v) is 6.76. The minimum Gasteiger partial charge on any atom is -0.398 e. The molecule has 2 rings (SSSR count). The van der Waals surface area contributed by atoms with Crippen LogP contribution in [-0.2, 0) is 0 Å². The number of fused-ring (bicyclic) bond motifs is 1. The Balaban J connectivity index is 2.96. The fourth-order valence-electron chi connectivity index (χ4n) is 1.27. The number of aromatic nitrogens is 2. The predicted octanol–water partition coefficient (Wildman–Crippen LogP) is 1.04. The lowest BCUT2D eigenvalue weighted by Crippen LogP contribution is -1.92. The van der Waals surface area contributed by atoms with Crippen LogP contribution in [0.15, 0.2) is 12.1 Å². The second kappa shape index (κ2) is 2.14. The zero-order chi connectivity index (χ0) is 8.72. The Morgan fingerprint density at radius 3 is 2.83 bits per heavy atom. The molecule has 12 heavy (non-hydrogen) atoms. The first-order valence-electron chi connectivity index (χ1n) is 3.69. The molecule has 0 radical (unpaired) electrons. The number of nitrogens with one attached hydrogen (secondary N) is 1. The van der Waals surface area contributed by atoms with E-state index in [9.17, 15) is 0 Å². The molecule has 0 atom stereocenters. The molecule has 0 spiro atoms. The number of hydrogen-bond acceptors (Lipinski definition) is 3. The third-order valence-electron chi connectivity index (χ3n) is 2.02. The maximum Gasteiger partial charge on any atom is 0.155 e. The largest absolute Gasteiger partial charge is 0.398 e. The molecular weight excluding hydrogens is 152 g/mol. The molecule has 0 aliphatic rings. The van der Waals surface area contributed by atoms with Gasteiger partial charge in [-0.3, -0.25) is 5.10 Å². The Morgan fingerprint density at radius 1 is 1.33 bits per heavy atom. The summed E-state index contributed by atoms with van der Waals surface area (Å²) in [6, 6.07) is 3.86. The average Bonchev–Trinajstić information content (AvgIpc) is 2.41. The van der Waals surface area contributed by atoms with E-state index in [2.05, 4.69) is 10.2 Å². The van der Waals surface area contributed by atoms with Crippen LogP contribution in [0.1, 0.15) is 5.56 Å². The Labute approximate surface area is 69.6 Å². The summed E-state index contributed by atoms with van der Waals surface area (Å²) in [7, 11) is 0. The van der Waals surface area contributed by atoms with E-state index in [1.807, 2.05) is 19.1 Å². The van der Waals surface area contributed by atoms with Crippen LogP contribution < -0.4 is 11.5 Å². The number of aromatic amines is 1. The molecular formula is C8H10N4. The van der Waals surface area contributed by atoms with Crippen LogP contribution in [0.25, 0.3) is 10.9 Å². The number of nitrogens with two attached hydrogens (primary N) is 2. The molecule has 1 aromatic carbocycles. The van der Waals surface area contributed by atoms with Gasteiger partial charge >= 0.3 is 0 Å². The Hall–Kier alpha value is -1.71. The number of nitrogen functional groups attached to an aromatic ring is 2. The lowest BCUT2D eigenvalue weighted by atomic mass is 10.1. The molecule has 0 amide bonds. The summed E-state index contributed by atoms with van der Waals surface area (Å²) >= 11 is 0. The zero-order valence-electron chi connectivity index (χ0n) is 6.76. The van der Waals surface area contributed by atoms with Crippen LogP contribution in [0.5, 0.6) is 0 Å². The van der Waals surface area contributed by atoms with E-state index in [4.69, 9.17) is 11.5 Å². The van der Waals surface area contributed by atoms with E-state index in [-0.39, 0.29) is 0 Å². The molecule has 1 heterocycles. The minimum atomic E-state index is 0.464. The summed E-state index contributed by atoms with van der Waals surface area (Å²) < 4.78 is 0. The predicted molar refractivity (Wildman–Crippen MR) is 49.7 cm³/mol. The van der Waals surface area contributed by atoms with Crippen molar-refractivity contribution >= 4 is 22.4 Å². The number of rotatable bonds is 0. The second-order valence-electron chi connectivity index (χ2n) is 2.83. The van der Waals surface area contributed by atoms with Gasteiger partial charge < -0.3 is 11.5 Å². The summed E-state index contributed by atoms with van der Waals surface area (Å²) in [5.41, 5.74) is 14.1. The molecule has 4 heteroatoms. The van der Waals surface area contributed by atoms with Gasteiger partial charge in [0.25, 0.3) is 0 Å². The van der Waals surface area contributed by atoms with Crippen LogP contribution in [0, 0.1) is 6.92 Å². The smallest absolute Gasteiger partial charge is 0.155 e. The highest BCUT2D eigenvalue weighted by molar-refractivity contribution is 5.99. The van der Waals surface area contributed by atoms with Gasteiger partial charge in [0, 0.05) is 5.69 Å². The van der Waals surface area contributed by atoms with Crippen molar-refractivity contribution in [2.75, 3.05) is 11.5 Å². The summed E-state index contributed by atoms with van der Waals surface area (Å²) in [5, 5.41) is 7.50. The summed E-state index contributed by atoms with van der Waals surface area (Å²) in [6.07, 6.45) is 0. The van der Waals surface area contributed by atoms with Crippen LogP contribution in [0.4, 0.5) is 11.5 Å². The summed E-state index contributed by atoms with van der Waals surface area (Å²) in [5.74, 6) is 0.464. The molecule has 0 unspecified atom stereocenters. The summed E-state index contributed by atoms with van der Waals surface area (Å²) in [6.45, 7) is 1.95. The van der Waals surface area contributed by atoms with E-state index in [0.29, 0.717) is 11.5 Å². The normalized spacial score (nSPS) is 10.8. The van der Waals surface area contributed by atoms with E-state index in [1.54, 1.807) is 0 Å². The van der Waals surface area contributed by atoms with Gasteiger partial charge in [0.1, 0.15) is 0 Å². The highest BCUT2D eigenvalue weighted by Gasteiger charge is 2.06. The fraction of sp³-hybridized carbons (Fsp3) is 0.125. The maximum absolute atomic E-state index is 5.82. The first-order chi connectivity index (χ1) is 5.70. The molecule has 0 saturated heterocycles. The Kier molecular flexibility index (Phi) is 1.24.